The van der Waals surface area contributed by atoms with Gasteiger partial charge >= 0.3 is 0 Å². The highest BCUT2D eigenvalue weighted by molar-refractivity contribution is 7.94. The highest BCUT2D eigenvalue weighted by Gasteiger charge is 2.07. The standard InChI is InChI=1S/C9H8F2S/c1-3-7-4-6(2)5-8(12-11)9(7)10/h3-5H,1H2,2H3. The molecule has 0 nitrogen and oxygen atoms in total. The van der Waals surface area contributed by atoms with Crippen LogP contribution >= 0.6 is 12.1 Å². The van der Waals surface area contributed by atoms with Crippen LogP contribution in [0.5, 0.6) is 0 Å². The molecule has 0 N–H and O–H groups in total. The van der Waals surface area contributed by atoms with Crippen molar-refractivity contribution in [3.63, 3.8) is 0 Å². The van der Waals surface area contributed by atoms with E-state index in [1.54, 1.807) is 13.0 Å². The van der Waals surface area contributed by atoms with Gasteiger partial charge in [-0.2, -0.15) is 3.89 Å². The van der Waals surface area contributed by atoms with Crippen LogP contribution in [0.2, 0.25) is 0 Å². The molecule has 1 aromatic rings. The molecule has 0 heterocycles. The smallest absolute Gasteiger partial charge is 0.146 e. The van der Waals surface area contributed by atoms with E-state index < -0.39 is 5.82 Å². The molecule has 0 radical (unpaired) electrons. The zero-order valence-corrected chi connectivity index (χ0v) is 7.42. The molecule has 0 unspecified atom stereocenters. The Morgan fingerprint density at radius 1 is 1.50 bits per heavy atom. The molecule has 1 rings (SSSR count). The Hall–Kier alpha value is -0.830. The van der Waals surface area contributed by atoms with Crippen molar-refractivity contribution in [2.24, 2.45) is 0 Å². The Morgan fingerprint density at radius 2 is 2.17 bits per heavy atom. The van der Waals surface area contributed by atoms with Crippen LogP contribution in [0.1, 0.15) is 11.1 Å². The zero-order valence-electron chi connectivity index (χ0n) is 6.60. The summed E-state index contributed by atoms with van der Waals surface area (Å²) >= 11 is -0.0837. The first-order valence-electron chi connectivity index (χ1n) is 3.40. The number of hydrogen-bond donors (Lipinski definition) is 0. The molecule has 0 aliphatic rings. The van der Waals surface area contributed by atoms with Gasteiger partial charge in [-0.25, -0.2) is 4.39 Å². The summed E-state index contributed by atoms with van der Waals surface area (Å²) in [6, 6.07) is 3.09. The molecule has 0 aliphatic heterocycles. The number of halogens is 2. The summed E-state index contributed by atoms with van der Waals surface area (Å²) in [5, 5.41) is 0. The molecule has 0 spiro atoms. The number of benzene rings is 1. The molecule has 0 bridgehead atoms. The molecule has 0 atom stereocenters. The summed E-state index contributed by atoms with van der Waals surface area (Å²) in [5.41, 5.74) is 1.17. The lowest BCUT2D eigenvalue weighted by Gasteiger charge is -2.02. The summed E-state index contributed by atoms with van der Waals surface area (Å²) in [5.74, 6) is -0.539. The van der Waals surface area contributed by atoms with Crippen LogP contribution in [-0.2, 0) is 0 Å². The minimum atomic E-state index is -0.539. The molecule has 1 aromatic carbocycles. The maximum absolute atomic E-state index is 13.1. The Morgan fingerprint density at radius 3 is 2.67 bits per heavy atom. The minimum absolute atomic E-state index is 0.0184. The van der Waals surface area contributed by atoms with Crippen LogP contribution < -0.4 is 0 Å². The lowest BCUT2D eigenvalue weighted by molar-refractivity contribution is 0.596. The van der Waals surface area contributed by atoms with Crippen molar-refractivity contribution in [3.05, 3.63) is 35.7 Å². The van der Waals surface area contributed by atoms with Crippen LogP contribution in [0, 0.1) is 12.7 Å². The fourth-order valence-corrected chi connectivity index (χ4v) is 1.38. The topological polar surface area (TPSA) is 0 Å². The molecule has 0 aliphatic carbocycles. The van der Waals surface area contributed by atoms with Gasteiger partial charge in [0.1, 0.15) is 5.82 Å². The van der Waals surface area contributed by atoms with Crippen LogP contribution in [0.4, 0.5) is 8.28 Å². The fourth-order valence-electron chi connectivity index (χ4n) is 0.967. The maximum Gasteiger partial charge on any atom is 0.146 e. The molecule has 0 saturated heterocycles. The van der Waals surface area contributed by atoms with Crippen molar-refractivity contribution in [2.75, 3.05) is 0 Å². The third-order valence-corrected chi connectivity index (χ3v) is 1.98. The molecule has 3 heteroatoms. The van der Waals surface area contributed by atoms with E-state index in [1.165, 1.54) is 12.1 Å². The van der Waals surface area contributed by atoms with Crippen molar-refractivity contribution < 1.29 is 8.28 Å². The van der Waals surface area contributed by atoms with Crippen molar-refractivity contribution in [3.8, 4) is 0 Å². The van der Waals surface area contributed by atoms with Gasteiger partial charge < -0.3 is 0 Å². The quantitative estimate of drug-likeness (QED) is 0.677. The van der Waals surface area contributed by atoms with Gasteiger partial charge in [-0.05, 0) is 24.6 Å². The number of aryl methyl sites for hydroxylation is 1. The van der Waals surface area contributed by atoms with Gasteiger partial charge in [-0.3, -0.25) is 0 Å². The number of rotatable bonds is 2. The van der Waals surface area contributed by atoms with Crippen LogP contribution in [0.25, 0.3) is 6.08 Å². The Bertz CT molecular complexity index is 308. The molecule has 12 heavy (non-hydrogen) atoms. The van der Waals surface area contributed by atoms with Gasteiger partial charge in [-0.1, -0.05) is 12.7 Å². The first kappa shape index (κ1) is 9.26. The van der Waals surface area contributed by atoms with Crippen LogP contribution in [-0.4, -0.2) is 0 Å². The molecular weight excluding hydrogens is 178 g/mol. The zero-order chi connectivity index (χ0) is 9.14. The largest absolute Gasteiger partial charge is 0.205 e. The highest BCUT2D eigenvalue weighted by Crippen LogP contribution is 2.26. The van der Waals surface area contributed by atoms with Gasteiger partial charge in [0.05, 0.1) is 17.0 Å². The molecule has 0 saturated carbocycles. The monoisotopic (exact) mass is 186 g/mol. The summed E-state index contributed by atoms with van der Waals surface area (Å²) in [6.07, 6.45) is 1.38. The Labute approximate surface area is 74.6 Å². The van der Waals surface area contributed by atoms with Gasteiger partial charge in [-0.15, -0.1) is 0 Å². The predicted octanol–water partition coefficient (Wildman–Crippen LogP) is 3.75. The van der Waals surface area contributed by atoms with Crippen LogP contribution in [0.3, 0.4) is 0 Å². The predicted molar refractivity (Wildman–Crippen MR) is 48.2 cm³/mol. The molecule has 0 aromatic heterocycles. The van der Waals surface area contributed by atoms with E-state index in [0.29, 0.717) is 5.56 Å². The van der Waals surface area contributed by atoms with E-state index in [2.05, 4.69) is 6.58 Å². The lowest BCUT2D eigenvalue weighted by atomic mass is 10.1. The maximum atomic E-state index is 13.1. The highest BCUT2D eigenvalue weighted by atomic mass is 32.2. The van der Waals surface area contributed by atoms with E-state index in [9.17, 15) is 8.28 Å². The van der Waals surface area contributed by atoms with E-state index in [4.69, 9.17) is 0 Å². The lowest BCUT2D eigenvalue weighted by Crippen LogP contribution is -1.87. The first-order valence-corrected chi connectivity index (χ1v) is 4.12. The Balaban J connectivity index is 3.31. The van der Waals surface area contributed by atoms with Crippen molar-refractivity contribution in [1.29, 1.82) is 0 Å². The normalized spacial score (nSPS) is 9.92. The van der Waals surface area contributed by atoms with Gasteiger partial charge in [0.25, 0.3) is 0 Å². The van der Waals surface area contributed by atoms with Crippen molar-refractivity contribution in [2.45, 2.75) is 11.8 Å². The third-order valence-electron chi connectivity index (χ3n) is 1.51. The van der Waals surface area contributed by atoms with Crippen LogP contribution in [0.15, 0.2) is 23.6 Å². The average molecular weight is 186 g/mol. The molecule has 0 amide bonds. The summed E-state index contributed by atoms with van der Waals surface area (Å²) in [7, 11) is 0. The second kappa shape index (κ2) is 3.72. The van der Waals surface area contributed by atoms with E-state index in [-0.39, 0.29) is 17.0 Å². The van der Waals surface area contributed by atoms with E-state index >= 15 is 0 Å². The van der Waals surface area contributed by atoms with Gasteiger partial charge in [0, 0.05) is 5.56 Å². The fraction of sp³-hybridized carbons (Fsp3) is 0.111. The average Bonchev–Trinajstić information content (AvgIpc) is 2.08. The third kappa shape index (κ3) is 1.67. The number of hydrogen-bond acceptors (Lipinski definition) is 1. The molecule has 0 fully saturated rings. The van der Waals surface area contributed by atoms with Crippen molar-refractivity contribution >= 4 is 18.2 Å². The van der Waals surface area contributed by atoms with E-state index in [1.807, 2.05) is 0 Å². The van der Waals surface area contributed by atoms with Crippen molar-refractivity contribution in [1.82, 2.24) is 0 Å². The second-order valence-corrected chi connectivity index (χ2v) is 3.04. The second-order valence-electron chi connectivity index (χ2n) is 2.45. The SMILES string of the molecule is C=Cc1cc(C)cc(SF)c1F. The molecule has 64 valence electrons. The van der Waals surface area contributed by atoms with Gasteiger partial charge in [0.2, 0.25) is 0 Å². The Kier molecular flexibility index (Phi) is 2.87. The minimum Gasteiger partial charge on any atom is -0.205 e. The first-order chi connectivity index (χ1) is 5.69. The summed E-state index contributed by atoms with van der Waals surface area (Å²) in [4.78, 5) is 0.0184. The molecular formula is C9H8F2S. The van der Waals surface area contributed by atoms with E-state index in [0.717, 1.165) is 5.56 Å². The van der Waals surface area contributed by atoms with Gasteiger partial charge in [0.15, 0.2) is 0 Å². The summed E-state index contributed by atoms with van der Waals surface area (Å²) in [6.45, 7) is 5.22. The summed E-state index contributed by atoms with van der Waals surface area (Å²) < 4.78 is 25.2.